The molecule has 0 radical (unpaired) electrons. The van der Waals surface area contributed by atoms with E-state index in [-0.39, 0.29) is 18.0 Å². The molecule has 0 saturated carbocycles. The minimum Gasteiger partial charge on any atom is -0.490 e. The van der Waals surface area contributed by atoms with Crippen LogP contribution in [0.4, 0.5) is 0 Å². The molecule has 132 valence electrons. The van der Waals surface area contributed by atoms with Crippen LogP contribution in [-0.4, -0.2) is 29.2 Å². The molecule has 26 heavy (non-hydrogen) atoms. The zero-order valence-corrected chi connectivity index (χ0v) is 13.9. The molecule has 0 amide bonds. The van der Waals surface area contributed by atoms with Crippen LogP contribution in [0.2, 0.25) is 0 Å². The van der Waals surface area contributed by atoms with Crippen molar-refractivity contribution < 1.29 is 19.0 Å². The molecule has 1 aliphatic rings. The highest BCUT2D eigenvalue weighted by Gasteiger charge is 2.15. The summed E-state index contributed by atoms with van der Waals surface area (Å²) in [6.07, 6.45) is 0.787. The van der Waals surface area contributed by atoms with Gasteiger partial charge in [-0.3, -0.25) is 4.79 Å². The Balaban J connectivity index is 1.50. The number of rotatable bonds is 3. The largest absolute Gasteiger partial charge is 0.490 e. The average molecular weight is 352 g/mol. The first kappa shape index (κ1) is 16.1. The van der Waals surface area contributed by atoms with Crippen LogP contribution in [0.1, 0.15) is 22.6 Å². The summed E-state index contributed by atoms with van der Waals surface area (Å²) >= 11 is 0. The Morgan fingerprint density at radius 2 is 1.92 bits per heavy atom. The fourth-order valence-electron chi connectivity index (χ4n) is 2.71. The zero-order valence-electron chi connectivity index (χ0n) is 13.9. The summed E-state index contributed by atoms with van der Waals surface area (Å²) in [6.45, 7) is 0.985. The van der Waals surface area contributed by atoms with Gasteiger partial charge < -0.3 is 19.2 Å². The lowest BCUT2D eigenvalue weighted by Gasteiger charge is -2.09. The molecule has 2 heterocycles. The fraction of sp³-hybridized carbons (Fsp3) is 0.211. The second-order valence-electron chi connectivity index (χ2n) is 5.82. The van der Waals surface area contributed by atoms with Gasteiger partial charge in [-0.25, -0.2) is 9.78 Å². The molecule has 0 atom stereocenters. The molecule has 7 heteroatoms. The second kappa shape index (κ2) is 6.87. The third kappa shape index (κ3) is 3.23. The molecule has 4 rings (SSSR count). The number of hydrogen-bond donors (Lipinski definition) is 1. The van der Waals surface area contributed by atoms with Gasteiger partial charge in [-0.1, -0.05) is 12.1 Å². The van der Waals surface area contributed by atoms with Crippen molar-refractivity contribution in [2.24, 2.45) is 0 Å². The number of benzene rings is 2. The molecule has 1 aliphatic heterocycles. The lowest BCUT2D eigenvalue weighted by atomic mass is 10.2. The molecule has 0 bridgehead atoms. The second-order valence-corrected chi connectivity index (χ2v) is 5.82. The van der Waals surface area contributed by atoms with Crippen molar-refractivity contribution in [1.29, 1.82) is 0 Å². The van der Waals surface area contributed by atoms with Gasteiger partial charge in [0.15, 0.2) is 11.5 Å². The minimum atomic E-state index is -0.531. The van der Waals surface area contributed by atoms with Crippen LogP contribution in [0.25, 0.3) is 10.9 Å². The lowest BCUT2D eigenvalue weighted by Crippen LogP contribution is -2.14. The van der Waals surface area contributed by atoms with Gasteiger partial charge in [-0.2, -0.15) is 0 Å². The molecule has 3 aromatic rings. The summed E-state index contributed by atoms with van der Waals surface area (Å²) in [7, 11) is 0. The highest BCUT2D eigenvalue weighted by Crippen LogP contribution is 2.30. The number of fused-ring (bicyclic) bond motifs is 2. The molecule has 0 fully saturated rings. The Morgan fingerprint density at radius 1 is 1.12 bits per heavy atom. The molecular weight excluding hydrogens is 336 g/mol. The number of aromatic nitrogens is 2. The van der Waals surface area contributed by atoms with Gasteiger partial charge in [-0.05, 0) is 30.3 Å². The first-order chi connectivity index (χ1) is 12.7. The smallest absolute Gasteiger partial charge is 0.338 e. The summed E-state index contributed by atoms with van der Waals surface area (Å²) < 4.78 is 16.4. The standard InChI is InChI=1S/C19H16N2O5/c22-18-13-4-1-2-5-14(13)20-17(21-18)11-26-19(23)12-6-7-15-16(10-12)25-9-3-8-24-15/h1-2,4-7,10H,3,8-9,11H2,(H,20,21,22). The highest BCUT2D eigenvalue weighted by atomic mass is 16.5. The number of para-hydroxylation sites is 1. The lowest BCUT2D eigenvalue weighted by molar-refractivity contribution is 0.0462. The van der Waals surface area contributed by atoms with Gasteiger partial charge in [0, 0.05) is 6.42 Å². The fourth-order valence-corrected chi connectivity index (χ4v) is 2.71. The topological polar surface area (TPSA) is 90.5 Å². The van der Waals surface area contributed by atoms with Crippen LogP contribution in [0, 0.1) is 0 Å². The van der Waals surface area contributed by atoms with Crippen molar-refractivity contribution in [3.05, 3.63) is 64.2 Å². The van der Waals surface area contributed by atoms with Crippen molar-refractivity contribution >= 4 is 16.9 Å². The zero-order chi connectivity index (χ0) is 17.9. The molecular formula is C19H16N2O5. The van der Waals surface area contributed by atoms with Gasteiger partial charge in [0.2, 0.25) is 0 Å². The maximum absolute atomic E-state index is 12.3. The van der Waals surface area contributed by atoms with E-state index in [9.17, 15) is 9.59 Å². The monoisotopic (exact) mass is 352 g/mol. The summed E-state index contributed by atoms with van der Waals surface area (Å²) in [5.41, 5.74) is 0.632. The Hall–Kier alpha value is -3.35. The first-order valence-corrected chi connectivity index (χ1v) is 8.25. The van der Waals surface area contributed by atoms with E-state index >= 15 is 0 Å². The van der Waals surface area contributed by atoms with E-state index in [0.29, 0.717) is 41.2 Å². The van der Waals surface area contributed by atoms with E-state index in [1.54, 1.807) is 42.5 Å². The molecule has 1 aromatic heterocycles. The number of nitrogens with zero attached hydrogens (tertiary/aromatic N) is 1. The Morgan fingerprint density at radius 3 is 2.81 bits per heavy atom. The SMILES string of the molecule is O=C(OCc1nc2ccccc2c(=O)[nH]1)c1ccc2c(c1)OCCCO2. The number of H-pyrrole nitrogens is 1. The van der Waals surface area contributed by atoms with Crippen LogP contribution >= 0.6 is 0 Å². The van der Waals surface area contributed by atoms with Crippen LogP contribution in [0.15, 0.2) is 47.3 Å². The summed E-state index contributed by atoms with van der Waals surface area (Å²) in [5.74, 6) is 0.890. The number of esters is 1. The van der Waals surface area contributed by atoms with Gasteiger partial charge in [0.05, 0.1) is 29.7 Å². The van der Waals surface area contributed by atoms with Gasteiger partial charge in [0.25, 0.3) is 5.56 Å². The summed E-state index contributed by atoms with van der Waals surface area (Å²) in [6, 6.07) is 11.9. The van der Waals surface area contributed by atoms with Crippen molar-refractivity contribution in [3.8, 4) is 11.5 Å². The van der Waals surface area contributed by atoms with E-state index in [2.05, 4.69) is 9.97 Å². The van der Waals surface area contributed by atoms with E-state index in [4.69, 9.17) is 14.2 Å². The minimum absolute atomic E-state index is 0.132. The third-order valence-electron chi connectivity index (χ3n) is 3.99. The van der Waals surface area contributed by atoms with E-state index in [1.807, 2.05) is 0 Å². The summed E-state index contributed by atoms with van der Waals surface area (Å²) in [5, 5.41) is 0.491. The molecule has 0 saturated heterocycles. The van der Waals surface area contributed by atoms with E-state index in [0.717, 1.165) is 6.42 Å². The number of carbonyl (C=O) groups excluding carboxylic acids is 1. The number of ether oxygens (including phenoxy) is 3. The Labute approximate surface area is 148 Å². The number of hydrogen-bond acceptors (Lipinski definition) is 6. The van der Waals surface area contributed by atoms with Crippen LogP contribution in [0.3, 0.4) is 0 Å². The highest BCUT2D eigenvalue weighted by molar-refractivity contribution is 5.90. The van der Waals surface area contributed by atoms with Crippen LogP contribution in [0.5, 0.6) is 11.5 Å². The normalized spacial score (nSPS) is 13.2. The average Bonchev–Trinajstić information content (AvgIpc) is 2.91. The van der Waals surface area contributed by atoms with Crippen molar-refractivity contribution in [3.63, 3.8) is 0 Å². The molecule has 7 nitrogen and oxygen atoms in total. The van der Waals surface area contributed by atoms with Crippen molar-refractivity contribution in [2.75, 3.05) is 13.2 Å². The number of aromatic amines is 1. The maximum atomic E-state index is 12.3. The van der Waals surface area contributed by atoms with Crippen LogP contribution < -0.4 is 15.0 Å². The van der Waals surface area contributed by atoms with Gasteiger partial charge in [0.1, 0.15) is 12.4 Å². The molecule has 0 unspecified atom stereocenters. The summed E-state index contributed by atoms with van der Waals surface area (Å²) in [4.78, 5) is 31.3. The number of nitrogens with one attached hydrogen (secondary N) is 1. The van der Waals surface area contributed by atoms with Gasteiger partial charge >= 0.3 is 5.97 Å². The maximum Gasteiger partial charge on any atom is 0.338 e. The predicted octanol–water partition coefficient (Wildman–Crippen LogP) is 2.44. The molecule has 2 aromatic carbocycles. The van der Waals surface area contributed by atoms with E-state index < -0.39 is 5.97 Å². The molecule has 0 aliphatic carbocycles. The van der Waals surface area contributed by atoms with Crippen molar-refractivity contribution in [2.45, 2.75) is 13.0 Å². The predicted molar refractivity (Wildman–Crippen MR) is 93.5 cm³/mol. The number of carbonyl (C=O) groups is 1. The molecule has 1 N–H and O–H groups in total. The van der Waals surface area contributed by atoms with E-state index in [1.165, 1.54) is 0 Å². The van der Waals surface area contributed by atoms with Crippen molar-refractivity contribution in [1.82, 2.24) is 9.97 Å². The Kier molecular flexibility index (Phi) is 4.27. The molecule has 0 spiro atoms. The quantitative estimate of drug-likeness (QED) is 0.728. The van der Waals surface area contributed by atoms with Crippen LogP contribution in [-0.2, 0) is 11.3 Å². The Bertz CT molecular complexity index is 1030. The third-order valence-corrected chi connectivity index (χ3v) is 3.99. The van der Waals surface area contributed by atoms with Gasteiger partial charge in [-0.15, -0.1) is 0 Å². The first-order valence-electron chi connectivity index (χ1n) is 8.25.